The lowest BCUT2D eigenvalue weighted by molar-refractivity contribution is 0.106. The van der Waals surface area contributed by atoms with Gasteiger partial charge in [-0.05, 0) is 56.2 Å². The number of hydrogen-bond donors (Lipinski definition) is 1. The maximum atomic E-state index is 5.36. The quantitative estimate of drug-likeness (QED) is 0.758. The highest BCUT2D eigenvalue weighted by Crippen LogP contribution is 2.36. The van der Waals surface area contributed by atoms with E-state index in [0.717, 1.165) is 25.3 Å². The molecule has 1 aromatic carbocycles. The van der Waals surface area contributed by atoms with Crippen LogP contribution >= 0.6 is 0 Å². The molecule has 1 saturated carbocycles. The van der Waals surface area contributed by atoms with E-state index in [1.807, 2.05) is 0 Å². The second-order valence-electron chi connectivity index (χ2n) is 6.03. The topological polar surface area (TPSA) is 21.3 Å². The highest BCUT2D eigenvalue weighted by Gasteiger charge is 2.19. The van der Waals surface area contributed by atoms with Crippen LogP contribution in [0.25, 0.3) is 0 Å². The average Bonchev–Trinajstić information content (AvgIpc) is 2.42. The molecule has 2 unspecified atom stereocenters. The van der Waals surface area contributed by atoms with Gasteiger partial charge in [0.2, 0.25) is 0 Å². The van der Waals surface area contributed by atoms with Gasteiger partial charge in [0, 0.05) is 13.2 Å². The van der Waals surface area contributed by atoms with Crippen LogP contribution in [0.4, 0.5) is 0 Å². The Hall–Kier alpha value is -0.860. The summed E-state index contributed by atoms with van der Waals surface area (Å²) in [5.74, 6) is 0.829. The van der Waals surface area contributed by atoms with E-state index in [1.165, 1.54) is 30.4 Å². The first-order valence-corrected chi connectivity index (χ1v) is 8.10. The first-order chi connectivity index (χ1) is 9.74. The zero-order valence-corrected chi connectivity index (χ0v) is 13.2. The van der Waals surface area contributed by atoms with Crippen LogP contribution in [0.1, 0.15) is 69.0 Å². The van der Waals surface area contributed by atoms with Gasteiger partial charge in [0.05, 0.1) is 6.10 Å². The van der Waals surface area contributed by atoms with Crippen molar-refractivity contribution >= 4 is 0 Å². The van der Waals surface area contributed by atoms with E-state index >= 15 is 0 Å². The van der Waals surface area contributed by atoms with Crippen molar-refractivity contribution in [3.05, 3.63) is 35.4 Å². The van der Waals surface area contributed by atoms with E-state index in [2.05, 4.69) is 43.4 Å². The van der Waals surface area contributed by atoms with Gasteiger partial charge < -0.3 is 10.1 Å². The highest BCUT2D eigenvalue weighted by molar-refractivity contribution is 5.28. The third-order valence-electron chi connectivity index (χ3n) is 4.63. The molecule has 0 spiro atoms. The zero-order valence-electron chi connectivity index (χ0n) is 13.2. The summed E-state index contributed by atoms with van der Waals surface area (Å²) in [6, 6.07) is 9.76. The van der Waals surface area contributed by atoms with Crippen molar-refractivity contribution in [2.24, 2.45) is 0 Å². The zero-order chi connectivity index (χ0) is 14.4. The van der Waals surface area contributed by atoms with Gasteiger partial charge in [0.1, 0.15) is 0 Å². The summed E-state index contributed by atoms with van der Waals surface area (Å²) in [6.07, 6.45) is 6.72. The first-order valence-electron chi connectivity index (χ1n) is 8.10. The maximum absolute atomic E-state index is 5.36. The molecule has 1 aromatic rings. The second-order valence-corrected chi connectivity index (χ2v) is 6.03. The lowest BCUT2D eigenvalue weighted by atomic mass is 9.80. The summed E-state index contributed by atoms with van der Waals surface area (Å²) in [5, 5.41) is 3.60. The monoisotopic (exact) mass is 275 g/mol. The predicted octanol–water partition coefficient (Wildman–Crippen LogP) is 4.42. The van der Waals surface area contributed by atoms with Gasteiger partial charge in [-0.25, -0.2) is 0 Å². The minimum atomic E-state index is 0.338. The number of benzene rings is 1. The first kappa shape index (κ1) is 15.5. The standard InChI is InChI=1S/C18H29NO/c1-4-19-18(13-8-14(2)20-3)17-11-9-16(10-12-17)15-6-5-7-15/h9-12,14-15,18-19H,4-8,13H2,1-3H3. The van der Waals surface area contributed by atoms with E-state index in [9.17, 15) is 0 Å². The molecule has 1 aliphatic rings. The van der Waals surface area contributed by atoms with Crippen LogP contribution < -0.4 is 5.32 Å². The Morgan fingerprint density at radius 2 is 1.90 bits per heavy atom. The SMILES string of the molecule is CCNC(CCC(C)OC)c1ccc(C2CCC2)cc1. The Kier molecular flexibility index (Phi) is 6.06. The van der Waals surface area contributed by atoms with E-state index in [0.29, 0.717) is 12.1 Å². The number of nitrogens with one attached hydrogen (secondary N) is 1. The van der Waals surface area contributed by atoms with Crippen LogP contribution in [0.5, 0.6) is 0 Å². The predicted molar refractivity (Wildman–Crippen MR) is 85.2 cm³/mol. The molecule has 0 heterocycles. The largest absolute Gasteiger partial charge is 0.382 e. The molecule has 2 rings (SSSR count). The van der Waals surface area contributed by atoms with Crippen molar-refractivity contribution in [2.75, 3.05) is 13.7 Å². The molecule has 1 fully saturated rings. The van der Waals surface area contributed by atoms with Gasteiger partial charge in [0.15, 0.2) is 0 Å². The number of ether oxygens (including phenoxy) is 1. The molecular weight excluding hydrogens is 246 g/mol. The second kappa shape index (κ2) is 7.80. The summed E-state index contributed by atoms with van der Waals surface area (Å²) in [7, 11) is 1.79. The minimum absolute atomic E-state index is 0.338. The summed E-state index contributed by atoms with van der Waals surface area (Å²) in [6.45, 7) is 5.33. The van der Waals surface area contributed by atoms with Crippen molar-refractivity contribution in [1.29, 1.82) is 0 Å². The van der Waals surface area contributed by atoms with Crippen LogP contribution in [-0.4, -0.2) is 19.8 Å². The fraction of sp³-hybridized carbons (Fsp3) is 0.667. The molecule has 0 amide bonds. The van der Waals surface area contributed by atoms with Crippen molar-refractivity contribution < 1.29 is 4.74 Å². The lowest BCUT2D eigenvalue weighted by Crippen LogP contribution is -2.22. The molecular formula is C18H29NO. The molecule has 0 aliphatic heterocycles. The molecule has 0 saturated heterocycles. The normalized spacial score (nSPS) is 18.6. The van der Waals surface area contributed by atoms with E-state index < -0.39 is 0 Å². The highest BCUT2D eigenvalue weighted by atomic mass is 16.5. The maximum Gasteiger partial charge on any atom is 0.0543 e. The number of hydrogen-bond acceptors (Lipinski definition) is 2. The van der Waals surface area contributed by atoms with Gasteiger partial charge in [0.25, 0.3) is 0 Å². The lowest BCUT2D eigenvalue weighted by Gasteiger charge is -2.26. The van der Waals surface area contributed by atoms with Crippen molar-refractivity contribution in [2.45, 2.75) is 64.0 Å². The van der Waals surface area contributed by atoms with Gasteiger partial charge in [-0.15, -0.1) is 0 Å². The molecule has 0 bridgehead atoms. The average molecular weight is 275 g/mol. The van der Waals surface area contributed by atoms with Crippen molar-refractivity contribution in [3.8, 4) is 0 Å². The van der Waals surface area contributed by atoms with Gasteiger partial charge >= 0.3 is 0 Å². The molecule has 20 heavy (non-hydrogen) atoms. The van der Waals surface area contributed by atoms with E-state index in [-0.39, 0.29) is 0 Å². The van der Waals surface area contributed by atoms with Crippen LogP contribution in [0.2, 0.25) is 0 Å². The van der Waals surface area contributed by atoms with Crippen molar-refractivity contribution in [3.63, 3.8) is 0 Å². The Bertz CT molecular complexity index is 383. The van der Waals surface area contributed by atoms with E-state index in [1.54, 1.807) is 7.11 Å². The van der Waals surface area contributed by atoms with Gasteiger partial charge in [-0.1, -0.05) is 37.6 Å². The minimum Gasteiger partial charge on any atom is -0.382 e. The molecule has 0 aromatic heterocycles. The molecule has 2 heteroatoms. The molecule has 0 radical (unpaired) electrons. The third-order valence-corrected chi connectivity index (χ3v) is 4.63. The summed E-state index contributed by atoms with van der Waals surface area (Å²) >= 11 is 0. The smallest absolute Gasteiger partial charge is 0.0543 e. The summed E-state index contributed by atoms with van der Waals surface area (Å²) in [4.78, 5) is 0. The van der Waals surface area contributed by atoms with Crippen molar-refractivity contribution in [1.82, 2.24) is 5.32 Å². The van der Waals surface area contributed by atoms with Crippen LogP contribution in [-0.2, 0) is 4.74 Å². The van der Waals surface area contributed by atoms with Crippen LogP contribution in [0, 0.1) is 0 Å². The fourth-order valence-corrected chi connectivity index (χ4v) is 2.89. The van der Waals surface area contributed by atoms with Crippen LogP contribution in [0.3, 0.4) is 0 Å². The Labute approximate surface area is 123 Å². The molecule has 2 atom stereocenters. The van der Waals surface area contributed by atoms with Crippen LogP contribution in [0.15, 0.2) is 24.3 Å². The molecule has 1 aliphatic carbocycles. The Morgan fingerprint density at radius 1 is 1.20 bits per heavy atom. The number of rotatable bonds is 8. The molecule has 112 valence electrons. The van der Waals surface area contributed by atoms with E-state index in [4.69, 9.17) is 4.74 Å². The molecule has 1 N–H and O–H groups in total. The summed E-state index contributed by atoms with van der Waals surface area (Å²) in [5.41, 5.74) is 2.94. The Morgan fingerprint density at radius 3 is 2.40 bits per heavy atom. The third kappa shape index (κ3) is 4.07. The Balaban J connectivity index is 1.96. The fourth-order valence-electron chi connectivity index (χ4n) is 2.89. The molecule has 2 nitrogen and oxygen atoms in total. The summed E-state index contributed by atoms with van der Waals surface area (Å²) < 4.78 is 5.36. The van der Waals surface area contributed by atoms with Gasteiger partial charge in [-0.3, -0.25) is 0 Å². The van der Waals surface area contributed by atoms with Gasteiger partial charge in [-0.2, -0.15) is 0 Å². The number of methoxy groups -OCH3 is 1.